The number of hydrogen-bond acceptors (Lipinski definition) is 5. The van der Waals surface area contributed by atoms with Crippen molar-refractivity contribution in [1.82, 2.24) is 15.1 Å². The molecule has 1 fully saturated rings. The van der Waals surface area contributed by atoms with Gasteiger partial charge in [0.05, 0.1) is 5.69 Å². The van der Waals surface area contributed by atoms with Crippen molar-refractivity contribution in [2.45, 2.75) is 32.4 Å². The molecule has 18 heavy (non-hydrogen) atoms. The zero-order valence-electron chi connectivity index (χ0n) is 11.3. The standard InChI is InChI=1S/C13H23N5/c1-3-18-8-6-12(7-9-18)17(2)13-5-4-11(10-14)15-16-13/h4-5,12H,3,6-10,14H2,1-2H3. The molecule has 0 atom stereocenters. The van der Waals surface area contributed by atoms with E-state index in [0.29, 0.717) is 12.6 Å². The van der Waals surface area contributed by atoms with Gasteiger partial charge in [-0.3, -0.25) is 0 Å². The summed E-state index contributed by atoms with van der Waals surface area (Å²) in [7, 11) is 2.11. The van der Waals surface area contributed by atoms with Gasteiger partial charge in [0.25, 0.3) is 0 Å². The van der Waals surface area contributed by atoms with Gasteiger partial charge in [-0.25, -0.2) is 0 Å². The Morgan fingerprint density at radius 1 is 1.33 bits per heavy atom. The Morgan fingerprint density at radius 2 is 2.06 bits per heavy atom. The SMILES string of the molecule is CCN1CCC(N(C)c2ccc(CN)nn2)CC1. The number of aromatic nitrogens is 2. The van der Waals surface area contributed by atoms with Crippen LogP contribution < -0.4 is 10.6 Å². The average molecular weight is 249 g/mol. The van der Waals surface area contributed by atoms with E-state index in [2.05, 4.69) is 34.0 Å². The molecule has 1 saturated heterocycles. The molecule has 0 radical (unpaired) electrons. The number of piperidine rings is 1. The number of rotatable bonds is 4. The highest BCUT2D eigenvalue weighted by molar-refractivity contribution is 5.37. The van der Waals surface area contributed by atoms with Crippen LogP contribution in [0.1, 0.15) is 25.5 Å². The van der Waals surface area contributed by atoms with Crippen molar-refractivity contribution in [2.75, 3.05) is 31.6 Å². The van der Waals surface area contributed by atoms with E-state index in [9.17, 15) is 0 Å². The maximum absolute atomic E-state index is 5.53. The van der Waals surface area contributed by atoms with Crippen LogP contribution >= 0.6 is 0 Å². The first-order chi connectivity index (χ1) is 8.74. The zero-order valence-corrected chi connectivity index (χ0v) is 11.3. The molecule has 0 amide bonds. The minimum atomic E-state index is 0.450. The first kappa shape index (κ1) is 13.2. The zero-order chi connectivity index (χ0) is 13.0. The van der Waals surface area contributed by atoms with Crippen LogP contribution in [-0.4, -0.2) is 47.8 Å². The lowest BCUT2D eigenvalue weighted by atomic mass is 10.0. The minimum absolute atomic E-state index is 0.450. The van der Waals surface area contributed by atoms with Crippen molar-refractivity contribution >= 4 is 5.82 Å². The van der Waals surface area contributed by atoms with Crippen molar-refractivity contribution in [3.63, 3.8) is 0 Å². The molecule has 5 nitrogen and oxygen atoms in total. The first-order valence-corrected chi connectivity index (χ1v) is 6.72. The van der Waals surface area contributed by atoms with E-state index in [1.807, 2.05) is 12.1 Å². The molecule has 5 heteroatoms. The normalized spacial score (nSPS) is 17.9. The quantitative estimate of drug-likeness (QED) is 0.857. The highest BCUT2D eigenvalue weighted by atomic mass is 15.3. The molecule has 1 aromatic rings. The van der Waals surface area contributed by atoms with Gasteiger partial charge < -0.3 is 15.5 Å². The van der Waals surface area contributed by atoms with E-state index in [0.717, 1.165) is 18.1 Å². The van der Waals surface area contributed by atoms with Crippen LogP contribution in [-0.2, 0) is 6.54 Å². The number of nitrogens with zero attached hydrogens (tertiary/aromatic N) is 4. The fourth-order valence-corrected chi connectivity index (χ4v) is 2.46. The van der Waals surface area contributed by atoms with Gasteiger partial charge in [-0.05, 0) is 31.5 Å². The Balaban J connectivity index is 1.96. The molecule has 2 N–H and O–H groups in total. The molecule has 0 aromatic carbocycles. The molecule has 2 heterocycles. The van der Waals surface area contributed by atoms with Crippen molar-refractivity contribution in [2.24, 2.45) is 5.73 Å². The maximum Gasteiger partial charge on any atom is 0.151 e. The molecule has 0 spiro atoms. The van der Waals surface area contributed by atoms with Crippen LogP contribution in [0.4, 0.5) is 5.82 Å². The Hall–Kier alpha value is -1.20. The van der Waals surface area contributed by atoms with Gasteiger partial charge in [-0.15, -0.1) is 5.10 Å². The summed E-state index contributed by atoms with van der Waals surface area (Å²) in [5.41, 5.74) is 6.37. The smallest absolute Gasteiger partial charge is 0.151 e. The van der Waals surface area contributed by atoms with Gasteiger partial charge >= 0.3 is 0 Å². The topological polar surface area (TPSA) is 58.3 Å². The summed E-state index contributed by atoms with van der Waals surface area (Å²) in [6.45, 7) is 6.19. The third-order valence-electron chi connectivity index (χ3n) is 3.83. The maximum atomic E-state index is 5.53. The van der Waals surface area contributed by atoms with Crippen molar-refractivity contribution < 1.29 is 0 Å². The molecule has 0 bridgehead atoms. The number of hydrogen-bond donors (Lipinski definition) is 1. The van der Waals surface area contributed by atoms with E-state index in [1.165, 1.54) is 25.9 Å². The molecular formula is C13H23N5. The first-order valence-electron chi connectivity index (χ1n) is 6.72. The fourth-order valence-electron chi connectivity index (χ4n) is 2.46. The summed E-state index contributed by atoms with van der Waals surface area (Å²) in [5.74, 6) is 0.946. The molecule has 1 aliphatic heterocycles. The summed E-state index contributed by atoms with van der Waals surface area (Å²) < 4.78 is 0. The number of anilines is 1. The van der Waals surface area contributed by atoms with Crippen LogP contribution in [0.5, 0.6) is 0 Å². The second-order valence-electron chi connectivity index (χ2n) is 4.86. The lowest BCUT2D eigenvalue weighted by Gasteiger charge is -2.36. The molecule has 1 aromatic heterocycles. The fraction of sp³-hybridized carbons (Fsp3) is 0.692. The summed E-state index contributed by atoms with van der Waals surface area (Å²) >= 11 is 0. The van der Waals surface area contributed by atoms with Gasteiger partial charge in [-0.2, -0.15) is 5.10 Å². The monoisotopic (exact) mass is 249 g/mol. The third kappa shape index (κ3) is 2.97. The van der Waals surface area contributed by atoms with Crippen LogP contribution in [0.2, 0.25) is 0 Å². The molecular weight excluding hydrogens is 226 g/mol. The lowest BCUT2D eigenvalue weighted by molar-refractivity contribution is 0.220. The van der Waals surface area contributed by atoms with E-state index in [-0.39, 0.29) is 0 Å². The van der Waals surface area contributed by atoms with Crippen LogP contribution in [0.15, 0.2) is 12.1 Å². The van der Waals surface area contributed by atoms with E-state index in [4.69, 9.17) is 5.73 Å². The Morgan fingerprint density at radius 3 is 2.56 bits per heavy atom. The number of likely N-dealkylation sites (tertiary alicyclic amines) is 1. The van der Waals surface area contributed by atoms with E-state index < -0.39 is 0 Å². The molecule has 0 unspecified atom stereocenters. The predicted octanol–water partition coefficient (Wildman–Crippen LogP) is 0.856. The van der Waals surface area contributed by atoms with E-state index >= 15 is 0 Å². The van der Waals surface area contributed by atoms with Gasteiger partial charge in [0.1, 0.15) is 0 Å². The van der Waals surface area contributed by atoms with Crippen LogP contribution in [0.25, 0.3) is 0 Å². The van der Waals surface area contributed by atoms with Crippen molar-refractivity contribution in [3.8, 4) is 0 Å². The van der Waals surface area contributed by atoms with Gasteiger partial charge in [0.2, 0.25) is 0 Å². The molecule has 2 rings (SSSR count). The average Bonchev–Trinajstić information content (AvgIpc) is 2.47. The summed E-state index contributed by atoms with van der Waals surface area (Å²) in [6, 6.07) is 4.55. The Labute approximate surface area is 109 Å². The second-order valence-corrected chi connectivity index (χ2v) is 4.86. The summed E-state index contributed by atoms with van der Waals surface area (Å²) in [6.07, 6.45) is 2.40. The molecule has 0 saturated carbocycles. The lowest BCUT2D eigenvalue weighted by Crippen LogP contribution is -2.43. The Bertz CT molecular complexity index is 356. The molecule has 0 aliphatic carbocycles. The second kappa shape index (κ2) is 6.11. The van der Waals surface area contributed by atoms with Gasteiger partial charge in [-0.1, -0.05) is 6.92 Å². The van der Waals surface area contributed by atoms with Crippen molar-refractivity contribution in [1.29, 1.82) is 0 Å². The van der Waals surface area contributed by atoms with Crippen molar-refractivity contribution in [3.05, 3.63) is 17.8 Å². The van der Waals surface area contributed by atoms with E-state index in [1.54, 1.807) is 0 Å². The Kier molecular flexibility index (Phi) is 4.49. The largest absolute Gasteiger partial charge is 0.355 e. The minimum Gasteiger partial charge on any atom is -0.355 e. The molecule has 1 aliphatic rings. The van der Waals surface area contributed by atoms with Gasteiger partial charge in [0, 0.05) is 32.7 Å². The number of nitrogens with two attached hydrogens (primary N) is 1. The predicted molar refractivity (Wildman–Crippen MR) is 73.5 cm³/mol. The van der Waals surface area contributed by atoms with Crippen LogP contribution in [0, 0.1) is 0 Å². The van der Waals surface area contributed by atoms with Gasteiger partial charge in [0.15, 0.2) is 5.82 Å². The summed E-state index contributed by atoms with van der Waals surface area (Å²) in [4.78, 5) is 4.74. The molecule has 100 valence electrons. The van der Waals surface area contributed by atoms with Crippen LogP contribution in [0.3, 0.4) is 0 Å². The highest BCUT2D eigenvalue weighted by Crippen LogP contribution is 2.19. The third-order valence-corrected chi connectivity index (χ3v) is 3.83. The highest BCUT2D eigenvalue weighted by Gasteiger charge is 2.22. The summed E-state index contributed by atoms with van der Waals surface area (Å²) in [5, 5.41) is 8.36.